The van der Waals surface area contributed by atoms with Gasteiger partial charge in [0.1, 0.15) is 0 Å². The Morgan fingerprint density at radius 1 is 1.03 bits per heavy atom. The lowest BCUT2D eigenvalue weighted by Crippen LogP contribution is -2.48. The summed E-state index contributed by atoms with van der Waals surface area (Å²) in [6, 6.07) is 16.0. The monoisotopic (exact) mass is 455 g/mol. The lowest BCUT2D eigenvalue weighted by Gasteiger charge is -2.36. The van der Waals surface area contributed by atoms with E-state index in [-0.39, 0.29) is 36.8 Å². The van der Waals surface area contributed by atoms with Crippen LogP contribution in [-0.4, -0.2) is 48.4 Å². The lowest BCUT2D eigenvalue weighted by atomic mass is 10.0. The number of nitrogens with zero attached hydrogens (tertiary/aromatic N) is 2. The Morgan fingerprint density at radius 3 is 2.55 bits per heavy atom. The number of hydrogen-bond acceptors (Lipinski definition) is 3. The SMILES string of the molecule is Cl.Cl.O=C(c1cccc(CN2CCCC2)c1)N1CCNCC1c1cccc(Cl)c1. The van der Waals surface area contributed by atoms with Crippen molar-refractivity contribution in [2.24, 2.45) is 0 Å². The molecule has 1 unspecified atom stereocenters. The van der Waals surface area contributed by atoms with Crippen LogP contribution >= 0.6 is 36.4 Å². The third kappa shape index (κ3) is 5.87. The van der Waals surface area contributed by atoms with E-state index in [0.717, 1.165) is 43.9 Å². The third-order valence-electron chi connectivity index (χ3n) is 5.52. The minimum Gasteiger partial charge on any atom is -0.329 e. The van der Waals surface area contributed by atoms with Crippen LogP contribution in [0.1, 0.15) is 40.4 Å². The average molecular weight is 457 g/mol. The van der Waals surface area contributed by atoms with Crippen molar-refractivity contribution in [1.29, 1.82) is 0 Å². The fourth-order valence-electron chi connectivity index (χ4n) is 4.13. The minimum atomic E-state index is 0. The van der Waals surface area contributed by atoms with Crippen molar-refractivity contribution < 1.29 is 4.79 Å². The van der Waals surface area contributed by atoms with E-state index in [4.69, 9.17) is 11.6 Å². The zero-order valence-electron chi connectivity index (χ0n) is 16.4. The van der Waals surface area contributed by atoms with Crippen molar-refractivity contribution in [1.82, 2.24) is 15.1 Å². The number of nitrogens with one attached hydrogen (secondary N) is 1. The third-order valence-corrected chi connectivity index (χ3v) is 5.75. The number of amides is 1. The minimum absolute atomic E-state index is 0. The largest absolute Gasteiger partial charge is 0.329 e. The second-order valence-electron chi connectivity index (χ2n) is 7.46. The van der Waals surface area contributed by atoms with Gasteiger partial charge in [0.05, 0.1) is 6.04 Å². The number of rotatable bonds is 4. The molecule has 0 spiro atoms. The summed E-state index contributed by atoms with van der Waals surface area (Å²) in [6.45, 7) is 5.52. The van der Waals surface area contributed by atoms with E-state index in [0.29, 0.717) is 11.6 Å². The van der Waals surface area contributed by atoms with Crippen LogP contribution in [0.4, 0.5) is 0 Å². The molecule has 0 radical (unpaired) electrons. The molecule has 4 rings (SSSR count). The molecule has 29 heavy (non-hydrogen) atoms. The lowest BCUT2D eigenvalue weighted by molar-refractivity contribution is 0.0634. The predicted octanol–water partition coefficient (Wildman–Crippen LogP) is 4.57. The molecule has 2 fully saturated rings. The van der Waals surface area contributed by atoms with Crippen LogP contribution in [0.25, 0.3) is 0 Å². The molecule has 2 heterocycles. The highest BCUT2D eigenvalue weighted by molar-refractivity contribution is 6.30. The Labute approximate surface area is 190 Å². The highest BCUT2D eigenvalue weighted by Crippen LogP contribution is 2.26. The maximum Gasteiger partial charge on any atom is 0.254 e. The first kappa shape index (κ1) is 24.0. The second-order valence-corrected chi connectivity index (χ2v) is 7.89. The van der Waals surface area contributed by atoms with Crippen LogP contribution in [0.15, 0.2) is 48.5 Å². The first-order valence-electron chi connectivity index (χ1n) is 9.79. The van der Waals surface area contributed by atoms with Crippen molar-refractivity contribution in [3.8, 4) is 0 Å². The highest BCUT2D eigenvalue weighted by Gasteiger charge is 2.29. The average Bonchev–Trinajstić information content (AvgIpc) is 3.21. The second kappa shape index (κ2) is 11.2. The van der Waals surface area contributed by atoms with Crippen LogP contribution in [0.5, 0.6) is 0 Å². The van der Waals surface area contributed by atoms with Crippen LogP contribution in [0.2, 0.25) is 5.02 Å². The highest BCUT2D eigenvalue weighted by atomic mass is 35.5. The number of benzene rings is 2. The normalized spacial score (nSPS) is 19.3. The van der Waals surface area contributed by atoms with Crippen LogP contribution < -0.4 is 5.32 Å². The topological polar surface area (TPSA) is 35.6 Å². The van der Waals surface area contributed by atoms with Gasteiger partial charge in [-0.15, -0.1) is 24.8 Å². The molecule has 2 aliphatic heterocycles. The molecule has 7 heteroatoms. The summed E-state index contributed by atoms with van der Waals surface area (Å²) in [7, 11) is 0. The molecule has 158 valence electrons. The molecule has 2 aliphatic rings. The molecular weight excluding hydrogens is 429 g/mol. The quantitative estimate of drug-likeness (QED) is 0.732. The molecule has 1 amide bonds. The van der Waals surface area contributed by atoms with Crippen LogP contribution in [0, 0.1) is 0 Å². The van der Waals surface area contributed by atoms with Gasteiger partial charge in [-0.2, -0.15) is 0 Å². The Bertz CT molecular complexity index is 811. The Kier molecular flexibility index (Phi) is 9.25. The van der Waals surface area contributed by atoms with Crippen molar-refractivity contribution in [3.05, 3.63) is 70.2 Å². The number of piperazine rings is 1. The molecule has 0 aliphatic carbocycles. The van der Waals surface area contributed by atoms with Gasteiger partial charge in [0.2, 0.25) is 0 Å². The van der Waals surface area contributed by atoms with E-state index in [1.807, 2.05) is 41.3 Å². The summed E-state index contributed by atoms with van der Waals surface area (Å²) in [4.78, 5) is 17.8. The van der Waals surface area contributed by atoms with Gasteiger partial charge in [0.25, 0.3) is 5.91 Å². The zero-order valence-corrected chi connectivity index (χ0v) is 18.7. The molecule has 0 saturated carbocycles. The van der Waals surface area contributed by atoms with Crippen molar-refractivity contribution in [2.75, 3.05) is 32.7 Å². The molecule has 2 aromatic rings. The van der Waals surface area contributed by atoms with Crippen molar-refractivity contribution in [2.45, 2.75) is 25.4 Å². The summed E-state index contributed by atoms with van der Waals surface area (Å²) in [6.07, 6.45) is 2.56. The van der Waals surface area contributed by atoms with E-state index in [1.54, 1.807) is 0 Å². The van der Waals surface area contributed by atoms with Gasteiger partial charge in [-0.05, 0) is 61.3 Å². The first-order valence-corrected chi connectivity index (χ1v) is 10.2. The molecule has 0 aromatic heterocycles. The number of hydrogen-bond donors (Lipinski definition) is 1. The van der Waals surface area contributed by atoms with Gasteiger partial charge < -0.3 is 10.2 Å². The number of carbonyl (C=O) groups excluding carboxylic acids is 1. The molecular formula is C22H28Cl3N3O. The van der Waals surface area contributed by atoms with Gasteiger partial charge >= 0.3 is 0 Å². The standard InChI is InChI=1S/C22H26ClN3O.2ClH/c23-20-8-4-6-18(14-20)21-15-24-9-12-26(21)22(27)19-7-3-5-17(13-19)16-25-10-1-2-11-25;;/h3-8,13-14,21,24H,1-2,9-12,15-16H2;2*1H. The Balaban J connectivity index is 0.00000150. The van der Waals surface area contributed by atoms with E-state index in [1.165, 1.54) is 18.4 Å². The summed E-state index contributed by atoms with van der Waals surface area (Å²) < 4.78 is 0. The molecule has 2 aromatic carbocycles. The number of likely N-dealkylation sites (tertiary alicyclic amines) is 1. The predicted molar refractivity (Wildman–Crippen MR) is 124 cm³/mol. The van der Waals surface area contributed by atoms with Gasteiger partial charge in [-0.1, -0.05) is 35.9 Å². The van der Waals surface area contributed by atoms with Crippen LogP contribution in [0.3, 0.4) is 0 Å². The molecule has 1 atom stereocenters. The fraction of sp³-hybridized carbons (Fsp3) is 0.409. The zero-order chi connectivity index (χ0) is 18.6. The van der Waals surface area contributed by atoms with Gasteiger partial charge in [0, 0.05) is 36.8 Å². The molecule has 2 saturated heterocycles. The Morgan fingerprint density at radius 2 is 1.79 bits per heavy atom. The maximum atomic E-state index is 13.3. The molecule has 0 bridgehead atoms. The van der Waals surface area contributed by atoms with Gasteiger partial charge in [-0.3, -0.25) is 9.69 Å². The summed E-state index contributed by atoms with van der Waals surface area (Å²) in [5, 5.41) is 4.11. The van der Waals surface area contributed by atoms with Crippen molar-refractivity contribution in [3.63, 3.8) is 0 Å². The van der Waals surface area contributed by atoms with E-state index >= 15 is 0 Å². The summed E-state index contributed by atoms with van der Waals surface area (Å²) >= 11 is 6.18. The van der Waals surface area contributed by atoms with Gasteiger partial charge in [-0.25, -0.2) is 0 Å². The van der Waals surface area contributed by atoms with Crippen molar-refractivity contribution >= 4 is 42.3 Å². The summed E-state index contributed by atoms with van der Waals surface area (Å²) in [5.41, 5.74) is 3.08. The Hall–Kier alpha value is -1.30. The van der Waals surface area contributed by atoms with Crippen LogP contribution in [-0.2, 0) is 6.54 Å². The maximum absolute atomic E-state index is 13.3. The van der Waals surface area contributed by atoms with E-state index in [9.17, 15) is 4.79 Å². The molecule has 4 nitrogen and oxygen atoms in total. The van der Waals surface area contributed by atoms with Gasteiger partial charge in [0.15, 0.2) is 0 Å². The fourth-order valence-corrected chi connectivity index (χ4v) is 4.33. The summed E-state index contributed by atoms with van der Waals surface area (Å²) in [5.74, 6) is 0.102. The first-order chi connectivity index (χ1) is 13.2. The number of carbonyl (C=O) groups is 1. The van der Waals surface area contributed by atoms with E-state index in [2.05, 4.69) is 22.3 Å². The molecule has 1 N–H and O–H groups in total. The van der Waals surface area contributed by atoms with E-state index < -0.39 is 0 Å². The number of halogens is 3. The smallest absolute Gasteiger partial charge is 0.254 e.